The number of amides is 2. The minimum absolute atomic E-state index is 0.0844. The Labute approximate surface area is 99.0 Å². The minimum atomic E-state index is -0.929. The van der Waals surface area contributed by atoms with Crippen molar-refractivity contribution in [2.24, 2.45) is 0 Å². The van der Waals surface area contributed by atoms with Crippen molar-refractivity contribution < 1.29 is 14.7 Å². The molecule has 5 nitrogen and oxygen atoms in total. The van der Waals surface area contributed by atoms with Crippen molar-refractivity contribution in [2.45, 2.75) is 12.5 Å². The summed E-state index contributed by atoms with van der Waals surface area (Å²) in [5, 5.41) is 11.6. The summed E-state index contributed by atoms with van der Waals surface area (Å²) in [7, 11) is 0. The highest BCUT2D eigenvalue weighted by Gasteiger charge is 2.26. The highest BCUT2D eigenvalue weighted by molar-refractivity contribution is 5.94. The molecule has 0 bridgehead atoms. The lowest BCUT2D eigenvalue weighted by Crippen LogP contribution is -2.38. The molecule has 90 valence electrons. The Morgan fingerprint density at radius 3 is 2.59 bits per heavy atom. The van der Waals surface area contributed by atoms with Crippen molar-refractivity contribution >= 4 is 12.0 Å². The van der Waals surface area contributed by atoms with E-state index in [2.05, 4.69) is 5.32 Å². The Bertz CT molecular complexity index is 419. The van der Waals surface area contributed by atoms with E-state index in [1.54, 1.807) is 24.3 Å². The summed E-state index contributed by atoms with van der Waals surface area (Å²) in [5.74, 6) is -0.150. The van der Waals surface area contributed by atoms with Gasteiger partial charge >= 0.3 is 6.09 Å². The molecule has 17 heavy (non-hydrogen) atoms. The number of carboxylic acid groups (broad SMARTS) is 1. The molecule has 2 amide bonds. The van der Waals surface area contributed by atoms with Gasteiger partial charge in [-0.1, -0.05) is 18.2 Å². The third-order valence-electron chi connectivity index (χ3n) is 2.83. The predicted octanol–water partition coefficient (Wildman–Crippen LogP) is 1.17. The Morgan fingerprint density at radius 2 is 2.00 bits per heavy atom. The van der Waals surface area contributed by atoms with Crippen LogP contribution in [-0.4, -0.2) is 41.1 Å². The summed E-state index contributed by atoms with van der Waals surface area (Å²) >= 11 is 0. The van der Waals surface area contributed by atoms with E-state index in [4.69, 9.17) is 5.11 Å². The summed E-state index contributed by atoms with van der Waals surface area (Å²) in [6.45, 7) is 0.850. The molecule has 1 unspecified atom stereocenters. The summed E-state index contributed by atoms with van der Waals surface area (Å²) in [6.07, 6.45) is -0.258. The molecule has 0 aliphatic carbocycles. The van der Waals surface area contributed by atoms with E-state index in [-0.39, 0.29) is 11.9 Å². The summed E-state index contributed by atoms with van der Waals surface area (Å²) < 4.78 is 0. The van der Waals surface area contributed by atoms with Crippen molar-refractivity contribution in [3.63, 3.8) is 0 Å². The number of nitrogens with one attached hydrogen (secondary N) is 1. The van der Waals surface area contributed by atoms with E-state index in [9.17, 15) is 9.59 Å². The van der Waals surface area contributed by atoms with Gasteiger partial charge in [0.1, 0.15) is 0 Å². The second-order valence-corrected chi connectivity index (χ2v) is 4.05. The number of likely N-dealkylation sites (tertiary alicyclic amines) is 1. The van der Waals surface area contributed by atoms with Crippen LogP contribution in [0.25, 0.3) is 0 Å². The van der Waals surface area contributed by atoms with Crippen LogP contribution in [0.5, 0.6) is 0 Å². The number of hydrogen-bond donors (Lipinski definition) is 2. The van der Waals surface area contributed by atoms with Crippen LogP contribution < -0.4 is 5.32 Å². The maximum absolute atomic E-state index is 11.8. The quantitative estimate of drug-likeness (QED) is 0.807. The van der Waals surface area contributed by atoms with Crippen molar-refractivity contribution in [1.29, 1.82) is 0 Å². The largest absolute Gasteiger partial charge is 0.465 e. The molecule has 1 aromatic carbocycles. The fraction of sp³-hybridized carbons (Fsp3) is 0.333. The molecular weight excluding hydrogens is 220 g/mol. The van der Waals surface area contributed by atoms with E-state index in [0.717, 1.165) is 0 Å². The van der Waals surface area contributed by atoms with Crippen LogP contribution in [0.1, 0.15) is 16.8 Å². The molecule has 0 radical (unpaired) electrons. The van der Waals surface area contributed by atoms with Crippen LogP contribution in [0.3, 0.4) is 0 Å². The van der Waals surface area contributed by atoms with Gasteiger partial charge in [-0.15, -0.1) is 0 Å². The Kier molecular flexibility index (Phi) is 3.27. The van der Waals surface area contributed by atoms with E-state index in [1.165, 1.54) is 4.90 Å². The molecule has 1 aliphatic rings. The Balaban J connectivity index is 1.91. The standard InChI is InChI=1S/C12H14N2O3/c15-11(9-4-2-1-3-5-9)13-10-6-7-14(8-10)12(16)17/h1-5,10H,6-8H2,(H,13,15)(H,16,17). The normalized spacial score (nSPS) is 19.1. The lowest BCUT2D eigenvalue weighted by molar-refractivity contribution is 0.0936. The van der Waals surface area contributed by atoms with Gasteiger partial charge in [0.15, 0.2) is 0 Å². The third kappa shape index (κ3) is 2.75. The van der Waals surface area contributed by atoms with Gasteiger partial charge in [0.25, 0.3) is 5.91 Å². The number of benzene rings is 1. The SMILES string of the molecule is O=C(NC1CCN(C(=O)O)C1)c1ccccc1. The number of nitrogens with zero attached hydrogens (tertiary/aromatic N) is 1. The highest BCUT2D eigenvalue weighted by atomic mass is 16.4. The fourth-order valence-corrected chi connectivity index (χ4v) is 1.91. The van der Waals surface area contributed by atoms with Crippen molar-refractivity contribution in [3.8, 4) is 0 Å². The van der Waals surface area contributed by atoms with Crippen LogP contribution in [0.15, 0.2) is 30.3 Å². The second-order valence-electron chi connectivity index (χ2n) is 4.05. The highest BCUT2D eigenvalue weighted by Crippen LogP contribution is 2.10. The van der Waals surface area contributed by atoms with Gasteiger partial charge in [-0.25, -0.2) is 4.79 Å². The topological polar surface area (TPSA) is 69.6 Å². The first kappa shape index (κ1) is 11.4. The van der Waals surface area contributed by atoms with Crippen LogP contribution in [0.2, 0.25) is 0 Å². The first-order chi connectivity index (χ1) is 8.16. The summed E-state index contributed by atoms with van der Waals surface area (Å²) in [4.78, 5) is 23.8. The van der Waals surface area contributed by atoms with Crippen molar-refractivity contribution in [3.05, 3.63) is 35.9 Å². The van der Waals surface area contributed by atoms with E-state index in [1.807, 2.05) is 6.07 Å². The van der Waals surface area contributed by atoms with Crippen LogP contribution in [0, 0.1) is 0 Å². The van der Waals surface area contributed by atoms with E-state index < -0.39 is 6.09 Å². The molecule has 1 aromatic rings. The van der Waals surface area contributed by atoms with Crippen LogP contribution >= 0.6 is 0 Å². The molecule has 0 aromatic heterocycles. The molecular formula is C12H14N2O3. The molecule has 0 spiro atoms. The zero-order chi connectivity index (χ0) is 12.3. The zero-order valence-electron chi connectivity index (χ0n) is 9.30. The molecule has 1 fully saturated rings. The van der Waals surface area contributed by atoms with Gasteiger partial charge in [-0.3, -0.25) is 4.79 Å². The molecule has 2 rings (SSSR count). The van der Waals surface area contributed by atoms with Gasteiger partial charge < -0.3 is 15.3 Å². The molecule has 2 N–H and O–H groups in total. The van der Waals surface area contributed by atoms with E-state index >= 15 is 0 Å². The summed E-state index contributed by atoms with van der Waals surface area (Å²) in [5.41, 5.74) is 0.598. The molecule has 1 heterocycles. The molecule has 5 heteroatoms. The van der Waals surface area contributed by atoms with Gasteiger partial charge in [-0.2, -0.15) is 0 Å². The Hall–Kier alpha value is -2.04. The minimum Gasteiger partial charge on any atom is -0.465 e. The van der Waals surface area contributed by atoms with Crippen LogP contribution in [-0.2, 0) is 0 Å². The number of carbonyl (C=O) groups is 2. The number of carbonyl (C=O) groups excluding carboxylic acids is 1. The number of hydrogen-bond acceptors (Lipinski definition) is 2. The maximum atomic E-state index is 11.8. The first-order valence-electron chi connectivity index (χ1n) is 5.50. The number of rotatable bonds is 2. The van der Waals surface area contributed by atoms with Gasteiger partial charge in [0.05, 0.1) is 0 Å². The summed E-state index contributed by atoms with van der Waals surface area (Å²) in [6, 6.07) is 8.83. The third-order valence-corrected chi connectivity index (χ3v) is 2.83. The van der Waals surface area contributed by atoms with Gasteiger partial charge in [0, 0.05) is 24.7 Å². The monoisotopic (exact) mass is 234 g/mol. The second kappa shape index (κ2) is 4.86. The lowest BCUT2D eigenvalue weighted by Gasteiger charge is -2.13. The molecule has 0 saturated carbocycles. The predicted molar refractivity (Wildman–Crippen MR) is 61.9 cm³/mol. The van der Waals surface area contributed by atoms with Gasteiger partial charge in [-0.05, 0) is 18.6 Å². The first-order valence-corrected chi connectivity index (χ1v) is 5.50. The van der Waals surface area contributed by atoms with Crippen molar-refractivity contribution in [2.75, 3.05) is 13.1 Å². The molecule has 1 saturated heterocycles. The van der Waals surface area contributed by atoms with E-state index in [0.29, 0.717) is 25.1 Å². The molecule has 1 aliphatic heterocycles. The average Bonchev–Trinajstić information content (AvgIpc) is 2.79. The maximum Gasteiger partial charge on any atom is 0.407 e. The average molecular weight is 234 g/mol. The zero-order valence-corrected chi connectivity index (χ0v) is 9.30. The Morgan fingerprint density at radius 1 is 1.29 bits per heavy atom. The molecule has 1 atom stereocenters. The van der Waals surface area contributed by atoms with Crippen LogP contribution in [0.4, 0.5) is 4.79 Å². The fourth-order valence-electron chi connectivity index (χ4n) is 1.91. The van der Waals surface area contributed by atoms with Gasteiger partial charge in [0.2, 0.25) is 0 Å². The smallest absolute Gasteiger partial charge is 0.407 e. The lowest BCUT2D eigenvalue weighted by atomic mass is 10.2. The van der Waals surface area contributed by atoms with Crippen molar-refractivity contribution in [1.82, 2.24) is 10.2 Å².